The number of rotatable bonds is 19. The van der Waals surface area contributed by atoms with Gasteiger partial charge in [0.2, 0.25) is 5.91 Å². The van der Waals surface area contributed by atoms with E-state index in [9.17, 15) is 4.79 Å². The maximum absolute atomic E-state index is 11.1. The van der Waals surface area contributed by atoms with Crippen LogP contribution in [0.4, 0.5) is 0 Å². The van der Waals surface area contributed by atoms with Gasteiger partial charge in [-0.3, -0.25) is 4.79 Å². The summed E-state index contributed by atoms with van der Waals surface area (Å²) in [5.41, 5.74) is 5.80. The maximum atomic E-state index is 11.1. The average molecular weight is 404 g/mol. The fraction of sp³-hybridized carbons (Fsp3) is 0.731. The lowest BCUT2D eigenvalue weighted by Gasteiger charge is -2.17. The molecule has 0 aliphatic carbocycles. The van der Waals surface area contributed by atoms with Crippen molar-refractivity contribution in [2.24, 2.45) is 5.73 Å². The number of amides is 1. The molecule has 2 N–H and O–H groups in total. The van der Waals surface area contributed by atoms with Crippen LogP contribution in [-0.4, -0.2) is 12.0 Å². The smallest absolute Gasteiger partial charge is 0.248 e. The van der Waals surface area contributed by atoms with Gasteiger partial charge in [0.15, 0.2) is 0 Å². The third-order valence-corrected chi connectivity index (χ3v) is 5.78. The minimum atomic E-state index is -0.397. The molecule has 0 aliphatic rings. The van der Waals surface area contributed by atoms with Crippen molar-refractivity contribution < 1.29 is 9.53 Å². The third-order valence-electron chi connectivity index (χ3n) is 5.78. The molecule has 29 heavy (non-hydrogen) atoms. The van der Waals surface area contributed by atoms with Crippen LogP contribution in [0, 0.1) is 0 Å². The zero-order chi connectivity index (χ0) is 21.2. The summed E-state index contributed by atoms with van der Waals surface area (Å²) in [6, 6.07) is 7.15. The molecule has 1 unspecified atom stereocenters. The van der Waals surface area contributed by atoms with E-state index in [-0.39, 0.29) is 6.10 Å². The Labute approximate surface area is 179 Å². The van der Waals surface area contributed by atoms with Gasteiger partial charge >= 0.3 is 0 Å². The number of hydrogen-bond donors (Lipinski definition) is 1. The third kappa shape index (κ3) is 13.4. The highest BCUT2D eigenvalue weighted by Crippen LogP contribution is 2.19. The molecule has 0 heterocycles. The Balaban J connectivity index is 1.97. The molecule has 1 aromatic rings. The molecule has 0 aromatic heterocycles. The second-order valence-electron chi connectivity index (χ2n) is 8.42. The Morgan fingerprint density at radius 1 is 0.759 bits per heavy atom. The molecular formula is C26H45NO2. The lowest BCUT2D eigenvalue weighted by atomic mass is 10.0. The van der Waals surface area contributed by atoms with Gasteiger partial charge in [0.25, 0.3) is 0 Å². The summed E-state index contributed by atoms with van der Waals surface area (Å²) < 4.78 is 6.06. The van der Waals surface area contributed by atoms with Crippen molar-refractivity contribution >= 4 is 5.91 Å². The van der Waals surface area contributed by atoms with Gasteiger partial charge in [-0.15, -0.1) is 0 Å². The fourth-order valence-electron chi connectivity index (χ4n) is 3.80. The molecule has 0 radical (unpaired) electrons. The van der Waals surface area contributed by atoms with E-state index in [2.05, 4.69) is 13.8 Å². The number of primary amides is 1. The van der Waals surface area contributed by atoms with Crippen molar-refractivity contribution in [2.45, 2.75) is 123 Å². The van der Waals surface area contributed by atoms with E-state index in [1.807, 2.05) is 12.1 Å². The number of carbonyl (C=O) groups excluding carboxylic acids is 1. The van der Waals surface area contributed by atoms with Crippen LogP contribution in [0.2, 0.25) is 0 Å². The van der Waals surface area contributed by atoms with E-state index in [4.69, 9.17) is 10.5 Å². The number of ether oxygens (including phenoxy) is 1. The summed E-state index contributed by atoms with van der Waals surface area (Å²) in [7, 11) is 0. The highest BCUT2D eigenvalue weighted by molar-refractivity contribution is 5.92. The van der Waals surface area contributed by atoms with Crippen LogP contribution in [0.5, 0.6) is 5.75 Å². The molecule has 1 rings (SSSR count). The lowest BCUT2D eigenvalue weighted by Crippen LogP contribution is -2.15. The number of unbranched alkanes of at least 4 members (excludes halogenated alkanes) is 13. The van der Waals surface area contributed by atoms with Gasteiger partial charge in [-0.2, -0.15) is 0 Å². The van der Waals surface area contributed by atoms with Gasteiger partial charge in [-0.1, -0.05) is 97.3 Å². The van der Waals surface area contributed by atoms with Gasteiger partial charge in [0.05, 0.1) is 6.10 Å². The Morgan fingerprint density at radius 2 is 1.21 bits per heavy atom. The summed E-state index contributed by atoms with van der Waals surface area (Å²) in [4.78, 5) is 11.1. The summed E-state index contributed by atoms with van der Waals surface area (Å²) in [6.45, 7) is 4.45. The zero-order valence-electron chi connectivity index (χ0n) is 19.1. The van der Waals surface area contributed by atoms with Gasteiger partial charge in [-0.05, 0) is 43.5 Å². The largest absolute Gasteiger partial charge is 0.490 e. The van der Waals surface area contributed by atoms with Crippen molar-refractivity contribution in [2.75, 3.05) is 0 Å². The Morgan fingerprint density at radius 3 is 1.62 bits per heavy atom. The van der Waals surface area contributed by atoms with Crippen LogP contribution < -0.4 is 10.5 Å². The minimum Gasteiger partial charge on any atom is -0.490 e. The Bertz CT molecular complexity index is 512. The van der Waals surface area contributed by atoms with E-state index in [1.165, 1.54) is 89.9 Å². The number of benzene rings is 1. The van der Waals surface area contributed by atoms with Crippen molar-refractivity contribution in [1.82, 2.24) is 0 Å². The van der Waals surface area contributed by atoms with Crippen molar-refractivity contribution in [1.29, 1.82) is 0 Å². The summed E-state index contributed by atoms with van der Waals surface area (Å²) in [6.07, 6.45) is 21.8. The molecule has 1 aromatic carbocycles. The summed E-state index contributed by atoms with van der Waals surface area (Å²) in [5.74, 6) is 0.429. The van der Waals surface area contributed by atoms with Crippen LogP contribution in [0.3, 0.4) is 0 Å². The van der Waals surface area contributed by atoms with Crippen LogP contribution >= 0.6 is 0 Å². The van der Waals surface area contributed by atoms with E-state index in [0.717, 1.165) is 18.6 Å². The van der Waals surface area contributed by atoms with E-state index < -0.39 is 5.91 Å². The van der Waals surface area contributed by atoms with E-state index in [1.54, 1.807) is 12.1 Å². The first-order valence-electron chi connectivity index (χ1n) is 12.2. The molecule has 3 heteroatoms. The van der Waals surface area contributed by atoms with Gasteiger partial charge < -0.3 is 10.5 Å². The average Bonchev–Trinajstić information content (AvgIpc) is 2.73. The van der Waals surface area contributed by atoms with Crippen molar-refractivity contribution in [3.8, 4) is 5.75 Å². The molecule has 1 atom stereocenters. The molecule has 166 valence electrons. The molecule has 3 nitrogen and oxygen atoms in total. The molecule has 0 bridgehead atoms. The molecule has 0 saturated carbocycles. The first-order chi connectivity index (χ1) is 14.2. The highest BCUT2D eigenvalue weighted by Gasteiger charge is 2.08. The van der Waals surface area contributed by atoms with Gasteiger partial charge in [0, 0.05) is 5.56 Å². The number of carbonyl (C=O) groups is 1. The van der Waals surface area contributed by atoms with Crippen molar-refractivity contribution in [3.05, 3.63) is 29.8 Å². The normalized spacial score (nSPS) is 12.1. The van der Waals surface area contributed by atoms with E-state index >= 15 is 0 Å². The van der Waals surface area contributed by atoms with Crippen LogP contribution in [0.25, 0.3) is 0 Å². The summed E-state index contributed by atoms with van der Waals surface area (Å²) in [5, 5.41) is 0. The molecule has 0 fully saturated rings. The second kappa shape index (κ2) is 17.4. The first kappa shape index (κ1) is 25.5. The summed E-state index contributed by atoms with van der Waals surface area (Å²) >= 11 is 0. The van der Waals surface area contributed by atoms with Crippen LogP contribution in [0.15, 0.2) is 24.3 Å². The molecule has 1 amide bonds. The van der Waals surface area contributed by atoms with Crippen LogP contribution in [0.1, 0.15) is 127 Å². The SMILES string of the molecule is CCCCCCCCCCCCCCCCC(CC)Oc1ccc(C(N)=O)cc1. The highest BCUT2D eigenvalue weighted by atomic mass is 16.5. The second-order valence-corrected chi connectivity index (χ2v) is 8.42. The maximum Gasteiger partial charge on any atom is 0.248 e. The standard InChI is InChI=1S/C26H45NO2/c1-3-5-6-7-8-9-10-11-12-13-14-15-16-17-18-24(4-2)29-25-21-19-23(20-22-25)26(27)28/h19-22,24H,3-18H2,1-2H3,(H2,27,28). The lowest BCUT2D eigenvalue weighted by molar-refractivity contribution is 0.1000. The van der Waals surface area contributed by atoms with Gasteiger partial charge in [0.1, 0.15) is 5.75 Å². The Hall–Kier alpha value is -1.51. The van der Waals surface area contributed by atoms with E-state index in [0.29, 0.717) is 5.56 Å². The molecule has 0 spiro atoms. The predicted molar refractivity (Wildman–Crippen MR) is 125 cm³/mol. The quantitative estimate of drug-likeness (QED) is 0.239. The molecular weight excluding hydrogens is 358 g/mol. The topological polar surface area (TPSA) is 52.3 Å². The van der Waals surface area contributed by atoms with Gasteiger partial charge in [-0.25, -0.2) is 0 Å². The number of nitrogens with two attached hydrogens (primary N) is 1. The monoisotopic (exact) mass is 403 g/mol. The van der Waals surface area contributed by atoms with Crippen molar-refractivity contribution in [3.63, 3.8) is 0 Å². The fourth-order valence-corrected chi connectivity index (χ4v) is 3.80. The Kier molecular flexibility index (Phi) is 15.3. The number of hydrogen-bond acceptors (Lipinski definition) is 2. The van der Waals surface area contributed by atoms with Crippen LogP contribution in [-0.2, 0) is 0 Å². The minimum absolute atomic E-state index is 0.256. The molecule has 0 aliphatic heterocycles. The zero-order valence-corrected chi connectivity index (χ0v) is 19.1. The first-order valence-corrected chi connectivity index (χ1v) is 12.2. The molecule has 0 saturated heterocycles. The predicted octanol–water partition coefficient (Wildman–Crippen LogP) is 7.81.